The van der Waals surface area contributed by atoms with Crippen LogP contribution in [0.4, 0.5) is 5.69 Å². The Labute approximate surface area is 106 Å². The van der Waals surface area contributed by atoms with Gasteiger partial charge in [0.25, 0.3) is 0 Å². The van der Waals surface area contributed by atoms with Crippen LogP contribution in [0.2, 0.25) is 5.02 Å². The number of methoxy groups -OCH3 is 1. The van der Waals surface area contributed by atoms with Crippen LogP contribution in [0.25, 0.3) is 0 Å². The summed E-state index contributed by atoms with van der Waals surface area (Å²) in [7, 11) is 1.62. The van der Waals surface area contributed by atoms with Crippen molar-refractivity contribution in [2.45, 2.75) is 19.3 Å². The van der Waals surface area contributed by atoms with Gasteiger partial charge in [0.1, 0.15) is 5.75 Å². The van der Waals surface area contributed by atoms with E-state index in [1.54, 1.807) is 13.2 Å². The molecule has 92 valence electrons. The third kappa shape index (κ3) is 2.55. The number of nitrogens with zero attached hydrogens (tertiary/aromatic N) is 1. The van der Waals surface area contributed by atoms with Gasteiger partial charge in [-0.3, -0.25) is 4.79 Å². The second kappa shape index (κ2) is 5.41. The van der Waals surface area contributed by atoms with Crippen molar-refractivity contribution in [2.24, 2.45) is 0 Å². The molecule has 17 heavy (non-hydrogen) atoms. The highest BCUT2D eigenvalue weighted by Crippen LogP contribution is 2.34. The molecule has 0 N–H and O–H groups in total. The summed E-state index contributed by atoms with van der Waals surface area (Å²) in [5, 5.41) is 0.487. The van der Waals surface area contributed by atoms with Crippen LogP contribution in [0.5, 0.6) is 5.75 Å². The Morgan fingerprint density at radius 2 is 2.00 bits per heavy atom. The molecule has 0 bridgehead atoms. The minimum Gasteiger partial charge on any atom is -0.495 e. The Balaban J connectivity index is 2.37. The summed E-state index contributed by atoms with van der Waals surface area (Å²) in [4.78, 5) is 13.1. The summed E-state index contributed by atoms with van der Waals surface area (Å²) in [5.41, 5.74) is 1.46. The standard InChI is InChI=1S/C13H16ClNO2/c1-17-13-7-10(9-16)11(14)8-12(13)15-5-3-2-4-6-15/h7-9H,2-6H2,1H3. The average molecular weight is 254 g/mol. The van der Waals surface area contributed by atoms with E-state index in [2.05, 4.69) is 4.90 Å². The normalized spacial score (nSPS) is 15.8. The molecule has 0 radical (unpaired) electrons. The lowest BCUT2D eigenvalue weighted by Gasteiger charge is -2.30. The summed E-state index contributed by atoms with van der Waals surface area (Å²) < 4.78 is 5.34. The van der Waals surface area contributed by atoms with Gasteiger partial charge in [-0.2, -0.15) is 0 Å². The van der Waals surface area contributed by atoms with Crippen molar-refractivity contribution >= 4 is 23.6 Å². The van der Waals surface area contributed by atoms with E-state index in [0.29, 0.717) is 10.6 Å². The highest BCUT2D eigenvalue weighted by Gasteiger charge is 2.17. The quantitative estimate of drug-likeness (QED) is 0.775. The molecule has 0 unspecified atom stereocenters. The molecule has 1 aliphatic heterocycles. The molecule has 1 aliphatic rings. The van der Waals surface area contributed by atoms with Gasteiger partial charge < -0.3 is 9.64 Å². The summed E-state index contributed by atoms with van der Waals surface area (Å²) in [6, 6.07) is 3.54. The van der Waals surface area contributed by atoms with Crippen LogP contribution in [0.3, 0.4) is 0 Å². The number of carbonyl (C=O) groups is 1. The lowest BCUT2D eigenvalue weighted by atomic mass is 10.1. The zero-order valence-corrected chi connectivity index (χ0v) is 10.7. The minimum absolute atomic E-state index is 0.476. The zero-order chi connectivity index (χ0) is 12.3. The Morgan fingerprint density at radius 1 is 1.29 bits per heavy atom. The van der Waals surface area contributed by atoms with Gasteiger partial charge in [0.15, 0.2) is 6.29 Å². The van der Waals surface area contributed by atoms with Crippen molar-refractivity contribution in [3.8, 4) is 5.75 Å². The lowest BCUT2D eigenvalue weighted by Crippen LogP contribution is -2.29. The highest BCUT2D eigenvalue weighted by atomic mass is 35.5. The number of anilines is 1. The third-order valence-electron chi connectivity index (χ3n) is 3.12. The largest absolute Gasteiger partial charge is 0.495 e. The Hall–Kier alpha value is -1.22. The summed E-state index contributed by atoms with van der Waals surface area (Å²) >= 11 is 6.06. The molecule has 0 amide bonds. The van der Waals surface area contributed by atoms with Crippen LogP contribution >= 0.6 is 11.6 Å². The van der Waals surface area contributed by atoms with Gasteiger partial charge in [0, 0.05) is 18.7 Å². The first kappa shape index (κ1) is 12.2. The van der Waals surface area contributed by atoms with Crippen molar-refractivity contribution in [3.63, 3.8) is 0 Å². The lowest BCUT2D eigenvalue weighted by molar-refractivity contribution is 0.112. The third-order valence-corrected chi connectivity index (χ3v) is 3.45. The first-order valence-corrected chi connectivity index (χ1v) is 6.21. The summed E-state index contributed by atoms with van der Waals surface area (Å²) in [6.07, 6.45) is 4.41. The second-order valence-corrected chi connectivity index (χ2v) is 4.62. The Morgan fingerprint density at radius 3 is 2.59 bits per heavy atom. The number of hydrogen-bond acceptors (Lipinski definition) is 3. The molecule has 0 saturated carbocycles. The Kier molecular flexibility index (Phi) is 3.89. The maximum Gasteiger partial charge on any atom is 0.151 e. The van der Waals surface area contributed by atoms with Crippen molar-refractivity contribution in [3.05, 3.63) is 22.7 Å². The second-order valence-electron chi connectivity index (χ2n) is 4.21. The van der Waals surface area contributed by atoms with Gasteiger partial charge in [-0.15, -0.1) is 0 Å². The van der Waals surface area contributed by atoms with Crippen LogP contribution < -0.4 is 9.64 Å². The minimum atomic E-state index is 0.476. The molecule has 1 aromatic carbocycles. The van der Waals surface area contributed by atoms with Gasteiger partial charge in [-0.25, -0.2) is 0 Å². The van der Waals surface area contributed by atoms with Crippen LogP contribution in [0.15, 0.2) is 12.1 Å². The molecule has 0 spiro atoms. The fourth-order valence-corrected chi connectivity index (χ4v) is 2.40. The van der Waals surface area contributed by atoms with Crippen LogP contribution in [0.1, 0.15) is 29.6 Å². The molecule has 4 heteroatoms. The predicted molar refractivity (Wildman–Crippen MR) is 69.5 cm³/mol. The van der Waals surface area contributed by atoms with Gasteiger partial charge in [-0.05, 0) is 31.4 Å². The number of hydrogen-bond donors (Lipinski definition) is 0. The van der Waals surface area contributed by atoms with Crippen molar-refractivity contribution in [1.29, 1.82) is 0 Å². The highest BCUT2D eigenvalue weighted by molar-refractivity contribution is 6.33. The van der Waals surface area contributed by atoms with E-state index >= 15 is 0 Å². The van der Waals surface area contributed by atoms with Crippen LogP contribution in [0, 0.1) is 0 Å². The molecule has 1 aromatic rings. The van der Waals surface area contributed by atoms with Crippen molar-refractivity contribution in [2.75, 3.05) is 25.1 Å². The fraction of sp³-hybridized carbons (Fsp3) is 0.462. The number of piperidine rings is 1. The van der Waals surface area contributed by atoms with E-state index in [1.165, 1.54) is 19.3 Å². The molecule has 0 aromatic heterocycles. The van der Waals surface area contributed by atoms with E-state index in [-0.39, 0.29) is 0 Å². The Bertz CT molecular complexity index is 414. The molecule has 1 saturated heterocycles. The first-order valence-electron chi connectivity index (χ1n) is 5.84. The smallest absolute Gasteiger partial charge is 0.151 e. The molecule has 1 fully saturated rings. The molecular formula is C13H16ClNO2. The van der Waals surface area contributed by atoms with Crippen LogP contribution in [-0.4, -0.2) is 26.5 Å². The van der Waals surface area contributed by atoms with E-state index < -0.39 is 0 Å². The predicted octanol–water partition coefficient (Wildman–Crippen LogP) is 3.15. The van der Waals surface area contributed by atoms with Crippen molar-refractivity contribution < 1.29 is 9.53 Å². The SMILES string of the molecule is COc1cc(C=O)c(Cl)cc1N1CCCCC1. The number of rotatable bonds is 3. The summed E-state index contributed by atoms with van der Waals surface area (Å²) in [5.74, 6) is 0.721. The molecule has 1 heterocycles. The number of benzene rings is 1. The molecular weight excluding hydrogens is 238 g/mol. The van der Waals surface area contributed by atoms with E-state index in [0.717, 1.165) is 30.8 Å². The van der Waals surface area contributed by atoms with Crippen molar-refractivity contribution in [1.82, 2.24) is 0 Å². The summed E-state index contributed by atoms with van der Waals surface area (Å²) in [6.45, 7) is 2.04. The number of aldehydes is 1. The van der Waals surface area contributed by atoms with Gasteiger partial charge in [0.2, 0.25) is 0 Å². The van der Waals surface area contributed by atoms with E-state index in [4.69, 9.17) is 16.3 Å². The van der Waals surface area contributed by atoms with E-state index in [1.807, 2.05) is 6.07 Å². The average Bonchev–Trinajstić information content (AvgIpc) is 2.39. The van der Waals surface area contributed by atoms with Gasteiger partial charge in [-0.1, -0.05) is 11.6 Å². The molecule has 0 atom stereocenters. The van der Waals surface area contributed by atoms with E-state index in [9.17, 15) is 4.79 Å². The number of carbonyl (C=O) groups excluding carboxylic acids is 1. The number of halogens is 1. The maximum absolute atomic E-state index is 10.8. The monoisotopic (exact) mass is 253 g/mol. The molecule has 3 nitrogen and oxygen atoms in total. The molecule has 0 aliphatic carbocycles. The van der Waals surface area contributed by atoms with Crippen LogP contribution in [-0.2, 0) is 0 Å². The maximum atomic E-state index is 10.8. The fourth-order valence-electron chi connectivity index (χ4n) is 2.19. The van der Waals surface area contributed by atoms with Gasteiger partial charge >= 0.3 is 0 Å². The topological polar surface area (TPSA) is 29.5 Å². The first-order chi connectivity index (χ1) is 8.26. The molecule has 2 rings (SSSR count). The number of ether oxygens (including phenoxy) is 1. The van der Waals surface area contributed by atoms with Gasteiger partial charge in [0.05, 0.1) is 17.8 Å². The zero-order valence-electron chi connectivity index (χ0n) is 9.91.